The number of aromatic nitrogens is 1. The van der Waals surface area contributed by atoms with E-state index in [1.807, 2.05) is 4.57 Å². The fourth-order valence-corrected chi connectivity index (χ4v) is 2.83. The van der Waals surface area contributed by atoms with E-state index in [4.69, 9.17) is 16.3 Å². The van der Waals surface area contributed by atoms with Crippen LogP contribution in [0.4, 0.5) is 4.39 Å². The molecule has 0 radical (unpaired) electrons. The smallest absolute Gasteiger partial charge is 0.341 e. The van der Waals surface area contributed by atoms with Gasteiger partial charge in [0.2, 0.25) is 5.78 Å². The number of hydrogen-bond acceptors (Lipinski definition) is 5. The molecule has 0 bridgehead atoms. The molecule has 0 N–H and O–H groups in total. The molecule has 144 valence electrons. The van der Waals surface area contributed by atoms with Crippen LogP contribution >= 0.6 is 11.6 Å². The number of halogens is 2. The van der Waals surface area contributed by atoms with Gasteiger partial charge in [-0.2, -0.15) is 0 Å². The van der Waals surface area contributed by atoms with Crippen LogP contribution in [0.3, 0.4) is 0 Å². The number of rotatable bonds is 7. The third-order valence-electron chi connectivity index (χ3n) is 4.13. The molecule has 8 heteroatoms. The van der Waals surface area contributed by atoms with E-state index >= 15 is 0 Å². The van der Waals surface area contributed by atoms with E-state index in [0.29, 0.717) is 17.8 Å². The van der Waals surface area contributed by atoms with E-state index in [2.05, 4.69) is 4.74 Å². The second kappa shape index (κ2) is 8.81. The molecule has 1 aromatic carbocycles. The van der Waals surface area contributed by atoms with Crippen molar-refractivity contribution >= 4 is 29.3 Å². The molecule has 0 amide bonds. The number of benzene rings is 1. The van der Waals surface area contributed by atoms with Crippen molar-refractivity contribution in [1.29, 1.82) is 0 Å². The first kappa shape index (κ1) is 20.6. The van der Waals surface area contributed by atoms with Crippen LogP contribution in [0.5, 0.6) is 0 Å². The molecule has 0 aliphatic carbocycles. The van der Waals surface area contributed by atoms with Crippen molar-refractivity contribution in [2.45, 2.75) is 26.8 Å². The van der Waals surface area contributed by atoms with Gasteiger partial charge in [-0.05, 0) is 38.1 Å². The molecule has 2 aromatic rings. The van der Waals surface area contributed by atoms with Gasteiger partial charge in [-0.3, -0.25) is 9.59 Å². The number of ketones is 1. The number of methoxy groups -OCH3 is 1. The van der Waals surface area contributed by atoms with Gasteiger partial charge >= 0.3 is 11.9 Å². The molecule has 0 aliphatic rings. The standard InChI is InChI=1S/C19H19ClFNO5/c1-11-8-15(12(2)22(11)7-6-18(24)26-3)17(23)10-27-19(25)14-5-4-13(20)9-16(14)21/h4-5,8-9H,6-7,10H2,1-3H3. The number of nitrogens with zero attached hydrogens (tertiary/aromatic N) is 1. The molecule has 27 heavy (non-hydrogen) atoms. The van der Waals surface area contributed by atoms with Crippen LogP contribution in [0.15, 0.2) is 24.3 Å². The van der Waals surface area contributed by atoms with E-state index in [0.717, 1.165) is 11.8 Å². The Morgan fingerprint density at radius 1 is 1.15 bits per heavy atom. The first-order chi connectivity index (χ1) is 12.7. The molecule has 0 unspecified atom stereocenters. The first-order valence-electron chi connectivity index (χ1n) is 8.13. The quantitative estimate of drug-likeness (QED) is 0.530. The molecule has 1 heterocycles. The predicted molar refractivity (Wildman–Crippen MR) is 96.6 cm³/mol. The minimum Gasteiger partial charge on any atom is -0.469 e. The van der Waals surface area contributed by atoms with Gasteiger partial charge in [0.05, 0.1) is 19.1 Å². The number of esters is 2. The number of ether oxygens (including phenoxy) is 2. The summed E-state index contributed by atoms with van der Waals surface area (Å²) < 4.78 is 25.1. The van der Waals surface area contributed by atoms with Crippen molar-refractivity contribution in [3.05, 3.63) is 57.6 Å². The van der Waals surface area contributed by atoms with Gasteiger partial charge in [0.15, 0.2) is 6.61 Å². The Kier molecular flexibility index (Phi) is 6.74. The third-order valence-corrected chi connectivity index (χ3v) is 4.36. The summed E-state index contributed by atoms with van der Waals surface area (Å²) in [5, 5.41) is 0.152. The molecule has 2 rings (SSSR count). The van der Waals surface area contributed by atoms with Gasteiger partial charge in [0.25, 0.3) is 0 Å². The molecule has 0 saturated heterocycles. The average molecular weight is 396 g/mol. The average Bonchev–Trinajstić information content (AvgIpc) is 2.91. The molecular weight excluding hydrogens is 377 g/mol. The summed E-state index contributed by atoms with van der Waals surface area (Å²) in [7, 11) is 1.31. The lowest BCUT2D eigenvalue weighted by Crippen LogP contribution is -2.16. The van der Waals surface area contributed by atoms with Crippen molar-refractivity contribution in [2.24, 2.45) is 0 Å². The maximum Gasteiger partial charge on any atom is 0.341 e. The van der Waals surface area contributed by atoms with Crippen LogP contribution in [-0.4, -0.2) is 36.0 Å². The van der Waals surface area contributed by atoms with E-state index in [1.54, 1.807) is 19.9 Å². The lowest BCUT2D eigenvalue weighted by atomic mass is 10.1. The zero-order valence-corrected chi connectivity index (χ0v) is 15.9. The number of hydrogen-bond donors (Lipinski definition) is 0. The van der Waals surface area contributed by atoms with Crippen LogP contribution in [0.25, 0.3) is 0 Å². The summed E-state index contributed by atoms with van der Waals surface area (Å²) in [6, 6.07) is 5.21. The molecular formula is C19H19ClFNO5. The van der Waals surface area contributed by atoms with Crippen LogP contribution < -0.4 is 0 Å². The summed E-state index contributed by atoms with van der Waals surface area (Å²) >= 11 is 5.64. The number of Topliss-reactive ketones (excluding diaryl/α,β-unsaturated/α-hetero) is 1. The van der Waals surface area contributed by atoms with Crippen molar-refractivity contribution in [1.82, 2.24) is 4.57 Å². The van der Waals surface area contributed by atoms with E-state index in [9.17, 15) is 18.8 Å². The largest absolute Gasteiger partial charge is 0.469 e. The molecule has 0 spiro atoms. The summed E-state index contributed by atoms with van der Waals surface area (Å²) in [4.78, 5) is 35.7. The Balaban J connectivity index is 2.05. The van der Waals surface area contributed by atoms with Gasteiger partial charge in [-0.15, -0.1) is 0 Å². The second-order valence-electron chi connectivity index (χ2n) is 5.89. The molecule has 1 aromatic heterocycles. The Hall–Kier alpha value is -2.67. The zero-order valence-electron chi connectivity index (χ0n) is 15.2. The van der Waals surface area contributed by atoms with Gasteiger partial charge < -0.3 is 14.0 Å². The van der Waals surface area contributed by atoms with Crippen LogP contribution in [-0.2, 0) is 20.8 Å². The highest BCUT2D eigenvalue weighted by Gasteiger charge is 2.19. The highest BCUT2D eigenvalue weighted by atomic mass is 35.5. The normalized spacial score (nSPS) is 10.6. The monoisotopic (exact) mass is 395 g/mol. The topological polar surface area (TPSA) is 74.6 Å². The second-order valence-corrected chi connectivity index (χ2v) is 6.32. The minimum atomic E-state index is -0.947. The fraction of sp³-hybridized carbons (Fsp3) is 0.316. The van der Waals surface area contributed by atoms with Crippen molar-refractivity contribution < 1.29 is 28.2 Å². The SMILES string of the molecule is COC(=O)CCn1c(C)cc(C(=O)COC(=O)c2ccc(Cl)cc2F)c1C. The van der Waals surface area contributed by atoms with Gasteiger partial charge in [0.1, 0.15) is 5.82 Å². The summed E-state index contributed by atoms with van der Waals surface area (Å²) in [6.07, 6.45) is 0.172. The van der Waals surface area contributed by atoms with Gasteiger partial charge in [-0.25, -0.2) is 9.18 Å². The summed E-state index contributed by atoms with van der Waals surface area (Å²) in [5.41, 5.74) is 1.52. The molecule has 0 saturated carbocycles. The Morgan fingerprint density at radius 3 is 2.48 bits per heavy atom. The first-order valence-corrected chi connectivity index (χ1v) is 8.51. The maximum atomic E-state index is 13.7. The Bertz CT molecular complexity index is 890. The summed E-state index contributed by atoms with van der Waals surface area (Å²) in [6.45, 7) is 3.38. The number of aryl methyl sites for hydroxylation is 1. The van der Waals surface area contributed by atoms with Crippen LogP contribution in [0.2, 0.25) is 5.02 Å². The highest BCUT2D eigenvalue weighted by molar-refractivity contribution is 6.30. The van der Waals surface area contributed by atoms with Crippen molar-refractivity contribution in [3.63, 3.8) is 0 Å². The fourth-order valence-electron chi connectivity index (χ4n) is 2.67. The van der Waals surface area contributed by atoms with E-state index in [1.165, 1.54) is 19.2 Å². The van der Waals surface area contributed by atoms with Gasteiger partial charge in [-0.1, -0.05) is 11.6 Å². The maximum absolute atomic E-state index is 13.7. The molecule has 0 atom stereocenters. The van der Waals surface area contributed by atoms with Crippen LogP contribution in [0.1, 0.15) is 38.5 Å². The highest BCUT2D eigenvalue weighted by Crippen LogP contribution is 2.18. The van der Waals surface area contributed by atoms with Crippen molar-refractivity contribution in [3.8, 4) is 0 Å². The Morgan fingerprint density at radius 2 is 1.85 bits per heavy atom. The zero-order chi connectivity index (χ0) is 20.1. The lowest BCUT2D eigenvalue weighted by Gasteiger charge is -2.09. The minimum absolute atomic E-state index is 0.152. The number of carbonyl (C=O) groups is 3. The van der Waals surface area contributed by atoms with Crippen LogP contribution in [0, 0.1) is 19.7 Å². The molecule has 6 nitrogen and oxygen atoms in total. The van der Waals surface area contributed by atoms with Gasteiger partial charge in [0, 0.05) is 28.5 Å². The third kappa shape index (κ3) is 4.95. The number of carbonyl (C=O) groups excluding carboxylic acids is 3. The van der Waals surface area contributed by atoms with E-state index < -0.39 is 24.2 Å². The lowest BCUT2D eigenvalue weighted by molar-refractivity contribution is -0.140. The molecule has 0 fully saturated rings. The molecule has 0 aliphatic heterocycles. The summed E-state index contributed by atoms with van der Waals surface area (Å²) in [5.74, 6) is -2.54. The predicted octanol–water partition coefficient (Wildman–Crippen LogP) is 3.50. The van der Waals surface area contributed by atoms with E-state index in [-0.39, 0.29) is 23.0 Å². The Labute approximate surface area is 160 Å². The van der Waals surface area contributed by atoms with Crippen molar-refractivity contribution in [2.75, 3.05) is 13.7 Å².